The Morgan fingerprint density at radius 2 is 1.08 bits per heavy atom. The second-order valence-corrected chi connectivity index (χ2v) is 13.9. The van der Waals surface area contributed by atoms with Gasteiger partial charge in [0.15, 0.2) is 5.66 Å². The van der Waals surface area contributed by atoms with E-state index in [9.17, 15) is 5.26 Å². The molecule has 1 N–H and O–H groups in total. The first-order valence-electron chi connectivity index (χ1n) is 17.8. The van der Waals surface area contributed by atoms with Crippen molar-refractivity contribution in [1.29, 1.82) is 5.26 Å². The molecule has 1 unspecified atom stereocenters. The highest BCUT2D eigenvalue weighted by Gasteiger charge is 2.51. The van der Waals surface area contributed by atoms with Crippen LogP contribution in [0.1, 0.15) is 51.4 Å². The van der Waals surface area contributed by atoms with E-state index in [2.05, 4.69) is 134 Å². The van der Waals surface area contributed by atoms with Gasteiger partial charge in [0.25, 0.3) is 0 Å². The molecule has 2 heterocycles. The summed E-state index contributed by atoms with van der Waals surface area (Å²) in [5, 5.41) is 13.1. The quantitative estimate of drug-likeness (QED) is 0.201. The van der Waals surface area contributed by atoms with Gasteiger partial charge in [0.2, 0.25) is 0 Å². The largest absolute Gasteiger partial charge is 0.457 e. The van der Waals surface area contributed by atoms with E-state index in [4.69, 9.17) is 14.7 Å². The van der Waals surface area contributed by atoms with E-state index < -0.39 is 11.1 Å². The molecule has 5 heteroatoms. The number of nitrogens with zero attached hydrogens (tertiary/aromatic N) is 3. The molecule has 250 valence electrons. The number of hydrogen-bond donors (Lipinski definition) is 1. The summed E-state index contributed by atoms with van der Waals surface area (Å²) in [6.07, 6.45) is 0. The van der Waals surface area contributed by atoms with Crippen LogP contribution < -0.4 is 10.1 Å². The number of rotatable bonds is 4. The molecule has 0 amide bonds. The summed E-state index contributed by atoms with van der Waals surface area (Å²) >= 11 is 0. The van der Waals surface area contributed by atoms with E-state index in [0.717, 1.165) is 56.3 Å². The zero-order valence-electron chi connectivity index (χ0n) is 28.9. The Labute approximate surface area is 308 Å². The van der Waals surface area contributed by atoms with Crippen molar-refractivity contribution in [3.8, 4) is 39.8 Å². The van der Waals surface area contributed by atoms with Crippen LogP contribution in [0.25, 0.3) is 22.3 Å². The molecule has 10 rings (SSSR count). The third-order valence-electron chi connectivity index (χ3n) is 10.8. The summed E-state index contributed by atoms with van der Waals surface area (Å²) in [6, 6.07) is 60.8. The number of aliphatic imine (C=N–C) groups is 2. The number of nitriles is 1. The topological polar surface area (TPSA) is 69.8 Å². The zero-order chi connectivity index (χ0) is 35.6. The highest BCUT2D eigenvalue weighted by Crippen LogP contribution is 2.62. The first-order valence-corrected chi connectivity index (χ1v) is 17.8. The highest BCUT2D eigenvalue weighted by molar-refractivity contribution is 6.16. The van der Waals surface area contributed by atoms with Gasteiger partial charge in [-0.15, -0.1) is 0 Å². The number of benzene rings is 7. The lowest BCUT2D eigenvalue weighted by molar-refractivity contribution is 0.433. The second-order valence-electron chi connectivity index (χ2n) is 13.9. The predicted molar refractivity (Wildman–Crippen MR) is 210 cm³/mol. The van der Waals surface area contributed by atoms with Crippen LogP contribution in [-0.4, -0.2) is 11.7 Å². The average Bonchev–Trinajstić information content (AvgIpc) is 3.51. The number of nitrogens with one attached hydrogen (secondary N) is 1. The van der Waals surface area contributed by atoms with Crippen molar-refractivity contribution in [2.24, 2.45) is 9.98 Å². The summed E-state index contributed by atoms with van der Waals surface area (Å²) < 4.78 is 6.72. The number of amidine groups is 2. The van der Waals surface area contributed by atoms with E-state index in [1.54, 1.807) is 0 Å². The number of hydrogen-bond acceptors (Lipinski definition) is 5. The maximum atomic E-state index is 9.56. The Bertz CT molecular complexity index is 2680. The van der Waals surface area contributed by atoms with Gasteiger partial charge < -0.3 is 10.1 Å². The van der Waals surface area contributed by atoms with Crippen LogP contribution in [0, 0.1) is 11.3 Å². The van der Waals surface area contributed by atoms with E-state index in [0.29, 0.717) is 11.4 Å². The van der Waals surface area contributed by atoms with Crippen LogP contribution in [0.4, 0.5) is 0 Å². The molecule has 0 radical (unpaired) electrons. The maximum Gasteiger partial charge on any atom is 0.177 e. The summed E-state index contributed by atoms with van der Waals surface area (Å²) in [5.74, 6) is 3.13. The average molecular weight is 681 g/mol. The lowest BCUT2D eigenvalue weighted by Gasteiger charge is -2.40. The molecule has 3 aliphatic rings. The Balaban J connectivity index is 1.18. The third-order valence-corrected chi connectivity index (χ3v) is 10.8. The zero-order valence-corrected chi connectivity index (χ0v) is 28.9. The number of fused-ring (bicyclic) bond motifs is 9. The second kappa shape index (κ2) is 11.8. The molecule has 0 aromatic heterocycles. The molecule has 0 saturated heterocycles. The van der Waals surface area contributed by atoms with Crippen LogP contribution in [0.3, 0.4) is 0 Å². The minimum absolute atomic E-state index is 0.596. The van der Waals surface area contributed by atoms with Gasteiger partial charge in [-0.1, -0.05) is 133 Å². The fraction of sp³-hybridized carbons (Fsp3) is 0.0625. The highest BCUT2D eigenvalue weighted by atomic mass is 16.5. The van der Waals surface area contributed by atoms with Gasteiger partial charge in [0.05, 0.1) is 17.0 Å². The van der Waals surface area contributed by atoms with Gasteiger partial charge in [-0.3, -0.25) is 0 Å². The van der Waals surface area contributed by atoms with Crippen molar-refractivity contribution < 1.29 is 4.74 Å². The minimum Gasteiger partial charge on any atom is -0.457 e. The van der Waals surface area contributed by atoms with Gasteiger partial charge in [0, 0.05) is 27.8 Å². The van der Waals surface area contributed by atoms with Crippen LogP contribution in [-0.2, 0) is 11.1 Å². The van der Waals surface area contributed by atoms with E-state index in [1.807, 2.05) is 54.6 Å². The summed E-state index contributed by atoms with van der Waals surface area (Å²) in [6.45, 7) is 2.08. The Hall–Kier alpha value is -7.03. The SMILES string of the molecule is CC1(c2ccc3c(c2)C2(c4ccccc4O3)c3ccccc3-c3ccccc32)N=C(c2ccccc2)NC(c2cccc(-c3cccc(C#N)c3)c2)=N1. The van der Waals surface area contributed by atoms with Crippen molar-refractivity contribution in [3.63, 3.8) is 0 Å². The summed E-state index contributed by atoms with van der Waals surface area (Å²) in [7, 11) is 0. The lowest BCUT2D eigenvalue weighted by Crippen LogP contribution is -2.41. The van der Waals surface area contributed by atoms with Crippen LogP contribution in [0.2, 0.25) is 0 Å². The molecule has 1 atom stereocenters. The molecule has 0 fully saturated rings. The standard InChI is InChI=1S/C48H32N4O/c1-47(51-45(32-14-3-2-4-15-32)50-46(52-47)35-18-12-17-34(28-35)33-16-11-13-31(27-33)30-49)36-25-26-44-42(29-36)48(41-23-9-10-24-43(41)53-44)39-21-7-5-19-37(39)38-20-6-8-22-40(38)48/h2-29H,1H3,(H,50,51,52). The first kappa shape index (κ1) is 30.8. The van der Waals surface area contributed by atoms with Crippen molar-refractivity contribution in [2.45, 2.75) is 18.0 Å². The summed E-state index contributed by atoms with van der Waals surface area (Å²) in [5.41, 5.74) is 11.0. The molecular weight excluding hydrogens is 649 g/mol. The van der Waals surface area contributed by atoms with E-state index in [1.165, 1.54) is 22.3 Å². The van der Waals surface area contributed by atoms with Crippen molar-refractivity contribution in [2.75, 3.05) is 0 Å². The van der Waals surface area contributed by atoms with E-state index >= 15 is 0 Å². The monoisotopic (exact) mass is 680 g/mol. The maximum absolute atomic E-state index is 9.56. The Kier molecular flexibility index (Phi) is 6.83. The molecule has 2 aliphatic heterocycles. The predicted octanol–water partition coefficient (Wildman–Crippen LogP) is 10.4. The fourth-order valence-electron chi connectivity index (χ4n) is 8.39. The smallest absolute Gasteiger partial charge is 0.177 e. The van der Waals surface area contributed by atoms with E-state index in [-0.39, 0.29) is 0 Å². The van der Waals surface area contributed by atoms with Gasteiger partial charge in [-0.05, 0) is 76.7 Å². The minimum atomic E-state index is -0.993. The van der Waals surface area contributed by atoms with Crippen LogP contribution in [0.15, 0.2) is 180 Å². The Morgan fingerprint density at radius 3 is 1.81 bits per heavy atom. The molecule has 7 aromatic rings. The van der Waals surface area contributed by atoms with Gasteiger partial charge in [-0.25, -0.2) is 9.98 Å². The van der Waals surface area contributed by atoms with Gasteiger partial charge in [-0.2, -0.15) is 5.26 Å². The number of ether oxygens (including phenoxy) is 1. The van der Waals surface area contributed by atoms with Crippen LogP contribution in [0.5, 0.6) is 11.5 Å². The number of para-hydroxylation sites is 1. The lowest BCUT2D eigenvalue weighted by atomic mass is 9.65. The van der Waals surface area contributed by atoms with Crippen LogP contribution >= 0.6 is 0 Å². The third kappa shape index (κ3) is 4.70. The fourth-order valence-corrected chi connectivity index (χ4v) is 8.39. The first-order chi connectivity index (χ1) is 26.0. The molecule has 5 nitrogen and oxygen atoms in total. The normalized spacial score (nSPS) is 17.1. The molecule has 0 saturated carbocycles. The molecule has 1 aliphatic carbocycles. The molecule has 0 bridgehead atoms. The van der Waals surface area contributed by atoms with Gasteiger partial charge in [0.1, 0.15) is 23.2 Å². The van der Waals surface area contributed by atoms with Crippen molar-refractivity contribution in [1.82, 2.24) is 5.32 Å². The summed E-state index contributed by atoms with van der Waals surface area (Å²) in [4.78, 5) is 10.8. The van der Waals surface area contributed by atoms with Crippen molar-refractivity contribution in [3.05, 3.63) is 214 Å². The molecule has 53 heavy (non-hydrogen) atoms. The van der Waals surface area contributed by atoms with Gasteiger partial charge >= 0.3 is 0 Å². The molecular formula is C48H32N4O. The molecule has 7 aromatic carbocycles. The van der Waals surface area contributed by atoms with Crippen molar-refractivity contribution >= 4 is 11.7 Å². The molecule has 1 spiro atoms. The Morgan fingerprint density at radius 1 is 0.509 bits per heavy atom.